The third-order valence-electron chi connectivity index (χ3n) is 6.31. The molecule has 9 nitrogen and oxygen atoms in total. The van der Waals surface area contributed by atoms with Gasteiger partial charge in [0.25, 0.3) is 20.0 Å². The maximum atomic E-state index is 13.7. The average molecular weight is 594 g/mol. The van der Waals surface area contributed by atoms with Crippen molar-refractivity contribution in [1.82, 2.24) is 0 Å². The number of carbonyl (C=O) groups is 1. The van der Waals surface area contributed by atoms with E-state index in [-0.39, 0.29) is 9.79 Å². The molecule has 0 radical (unpaired) electrons. The van der Waals surface area contributed by atoms with Gasteiger partial charge in [-0.1, -0.05) is 35.4 Å². The van der Waals surface area contributed by atoms with E-state index in [1.807, 2.05) is 19.9 Å². The van der Waals surface area contributed by atoms with Crippen LogP contribution in [0.25, 0.3) is 0 Å². The Hall–Kier alpha value is -4.35. The average Bonchev–Trinajstić information content (AvgIpc) is 2.93. The molecule has 0 saturated heterocycles. The third-order valence-corrected chi connectivity index (χ3v) is 9.48. The van der Waals surface area contributed by atoms with Gasteiger partial charge in [-0.25, -0.2) is 16.8 Å². The number of anilines is 3. The number of carbonyl (C=O) groups excluding carboxylic acids is 1. The molecule has 1 amide bonds. The largest absolute Gasteiger partial charge is 0.497 e. The molecule has 0 aliphatic carbocycles. The van der Waals surface area contributed by atoms with Crippen LogP contribution in [0.3, 0.4) is 0 Å². The van der Waals surface area contributed by atoms with Gasteiger partial charge in [-0.3, -0.25) is 13.8 Å². The predicted molar refractivity (Wildman–Crippen MR) is 161 cm³/mol. The van der Waals surface area contributed by atoms with Crippen molar-refractivity contribution in [1.29, 1.82) is 0 Å². The van der Waals surface area contributed by atoms with Gasteiger partial charge in [-0.2, -0.15) is 0 Å². The molecule has 41 heavy (non-hydrogen) atoms. The van der Waals surface area contributed by atoms with E-state index in [1.165, 1.54) is 43.5 Å². The summed E-state index contributed by atoms with van der Waals surface area (Å²) >= 11 is 0. The fourth-order valence-corrected chi connectivity index (χ4v) is 6.69. The molecule has 4 rings (SSSR count). The highest BCUT2D eigenvalue weighted by molar-refractivity contribution is 7.93. The van der Waals surface area contributed by atoms with Crippen molar-refractivity contribution in [2.75, 3.05) is 28.0 Å². The summed E-state index contributed by atoms with van der Waals surface area (Å²) in [5.74, 6) is 0.00318. The SMILES string of the molecule is COc1ccc(NS(=O)(=O)c2ccc(NC(=O)CN(c3ccc(C)cc3C)S(=O)(=O)c3ccc(C)cc3)cc2)cc1. The molecule has 0 unspecified atom stereocenters. The van der Waals surface area contributed by atoms with Gasteiger partial charge in [-0.05, 0) is 93.1 Å². The molecule has 0 aromatic heterocycles. The molecule has 0 fully saturated rings. The highest BCUT2D eigenvalue weighted by atomic mass is 32.2. The molecule has 11 heteroatoms. The second-order valence-corrected chi connectivity index (χ2v) is 13.1. The second kappa shape index (κ2) is 12.0. The number of nitrogens with zero attached hydrogens (tertiary/aromatic N) is 1. The van der Waals surface area contributed by atoms with Crippen molar-refractivity contribution in [3.63, 3.8) is 0 Å². The Morgan fingerprint density at radius 3 is 1.88 bits per heavy atom. The molecule has 0 bridgehead atoms. The summed E-state index contributed by atoms with van der Waals surface area (Å²) in [6, 6.07) is 23.8. The van der Waals surface area contributed by atoms with Gasteiger partial charge in [0.05, 0.1) is 22.6 Å². The lowest BCUT2D eigenvalue weighted by Gasteiger charge is -2.26. The summed E-state index contributed by atoms with van der Waals surface area (Å²) in [6.07, 6.45) is 0. The van der Waals surface area contributed by atoms with Gasteiger partial charge in [0, 0.05) is 11.4 Å². The number of aryl methyl sites for hydroxylation is 3. The number of hydrogen-bond donors (Lipinski definition) is 2. The number of sulfonamides is 2. The summed E-state index contributed by atoms with van der Waals surface area (Å²) < 4.78 is 61.6. The Morgan fingerprint density at radius 1 is 0.732 bits per heavy atom. The Kier molecular flexibility index (Phi) is 8.69. The zero-order valence-electron chi connectivity index (χ0n) is 23.1. The number of nitrogens with one attached hydrogen (secondary N) is 2. The van der Waals surface area contributed by atoms with Gasteiger partial charge in [0.1, 0.15) is 12.3 Å². The topological polar surface area (TPSA) is 122 Å². The van der Waals surface area contributed by atoms with Gasteiger partial charge in [0.15, 0.2) is 0 Å². The molecule has 0 aliphatic rings. The number of ether oxygens (including phenoxy) is 1. The van der Waals surface area contributed by atoms with E-state index in [9.17, 15) is 21.6 Å². The molecule has 0 atom stereocenters. The molecule has 0 heterocycles. The summed E-state index contributed by atoms with van der Waals surface area (Å²) in [4.78, 5) is 13.2. The number of amides is 1. The first-order valence-corrected chi connectivity index (χ1v) is 15.5. The number of benzene rings is 4. The second-order valence-electron chi connectivity index (χ2n) is 9.52. The third kappa shape index (κ3) is 7.05. The van der Waals surface area contributed by atoms with Crippen molar-refractivity contribution in [3.8, 4) is 5.75 Å². The predicted octanol–water partition coefficient (Wildman–Crippen LogP) is 5.26. The monoisotopic (exact) mass is 593 g/mol. The van der Waals surface area contributed by atoms with Crippen LogP contribution in [-0.4, -0.2) is 36.4 Å². The van der Waals surface area contributed by atoms with E-state index in [2.05, 4.69) is 10.0 Å². The molecule has 0 aliphatic heterocycles. The van der Waals surface area contributed by atoms with E-state index in [0.717, 1.165) is 15.4 Å². The minimum absolute atomic E-state index is 0.00910. The first-order chi connectivity index (χ1) is 19.4. The normalized spacial score (nSPS) is 11.5. The van der Waals surface area contributed by atoms with E-state index in [4.69, 9.17) is 4.74 Å². The summed E-state index contributed by atoms with van der Waals surface area (Å²) in [5.41, 5.74) is 3.63. The lowest BCUT2D eigenvalue weighted by Crippen LogP contribution is -2.38. The van der Waals surface area contributed by atoms with Gasteiger partial charge < -0.3 is 10.1 Å². The lowest BCUT2D eigenvalue weighted by atomic mass is 10.1. The molecule has 4 aromatic carbocycles. The van der Waals surface area contributed by atoms with Crippen molar-refractivity contribution < 1.29 is 26.4 Å². The molecule has 214 valence electrons. The quantitative estimate of drug-likeness (QED) is 0.259. The molecule has 0 saturated carbocycles. The lowest BCUT2D eigenvalue weighted by molar-refractivity contribution is -0.114. The van der Waals surface area contributed by atoms with Crippen LogP contribution < -0.4 is 19.1 Å². The number of methoxy groups -OCH3 is 1. The van der Waals surface area contributed by atoms with Crippen molar-refractivity contribution in [2.24, 2.45) is 0 Å². The maximum absolute atomic E-state index is 13.7. The molecule has 2 N–H and O–H groups in total. The minimum atomic E-state index is -4.08. The van der Waals surface area contributed by atoms with Crippen LogP contribution >= 0.6 is 0 Å². The number of rotatable bonds is 10. The van der Waals surface area contributed by atoms with Crippen molar-refractivity contribution >= 4 is 43.0 Å². The van der Waals surface area contributed by atoms with Crippen LogP contribution in [0, 0.1) is 20.8 Å². The van der Waals surface area contributed by atoms with Crippen LogP contribution in [0.4, 0.5) is 17.1 Å². The van der Waals surface area contributed by atoms with Crippen LogP contribution in [0.2, 0.25) is 0 Å². The van der Waals surface area contributed by atoms with Crippen LogP contribution in [0.15, 0.2) is 101 Å². The van der Waals surface area contributed by atoms with Gasteiger partial charge in [-0.15, -0.1) is 0 Å². The zero-order chi connectivity index (χ0) is 29.8. The fraction of sp³-hybridized carbons (Fsp3) is 0.167. The molecular weight excluding hydrogens is 562 g/mol. The van der Waals surface area contributed by atoms with E-state index >= 15 is 0 Å². The Labute approximate surface area is 240 Å². The standard InChI is InChI=1S/C30H31N3O6S2/c1-21-5-14-28(15-6-21)41(37,38)33(29-18-7-22(2)19-23(29)3)20-30(34)31-24-10-16-27(17-11-24)40(35,36)32-25-8-12-26(39-4)13-9-25/h5-19,32H,20H2,1-4H3,(H,31,34). The number of hydrogen-bond acceptors (Lipinski definition) is 6. The smallest absolute Gasteiger partial charge is 0.264 e. The summed E-state index contributed by atoms with van der Waals surface area (Å²) in [6.45, 7) is 5.06. The van der Waals surface area contributed by atoms with Crippen LogP contribution in [0.1, 0.15) is 16.7 Å². The van der Waals surface area contributed by atoms with Crippen LogP contribution in [0.5, 0.6) is 5.75 Å². The Balaban J connectivity index is 1.54. The molecule has 0 spiro atoms. The van der Waals surface area contributed by atoms with Gasteiger partial charge >= 0.3 is 0 Å². The minimum Gasteiger partial charge on any atom is -0.497 e. The van der Waals surface area contributed by atoms with Gasteiger partial charge in [0.2, 0.25) is 5.91 Å². The first-order valence-electron chi connectivity index (χ1n) is 12.6. The Bertz CT molecular complexity index is 1750. The van der Waals surface area contributed by atoms with E-state index in [0.29, 0.717) is 28.4 Å². The highest BCUT2D eigenvalue weighted by Gasteiger charge is 2.28. The molecule has 4 aromatic rings. The summed E-state index contributed by atoms with van der Waals surface area (Å²) in [7, 11) is -6.45. The van der Waals surface area contributed by atoms with E-state index < -0.39 is 32.5 Å². The van der Waals surface area contributed by atoms with Crippen molar-refractivity contribution in [3.05, 3.63) is 108 Å². The van der Waals surface area contributed by atoms with E-state index in [1.54, 1.807) is 55.5 Å². The highest BCUT2D eigenvalue weighted by Crippen LogP contribution is 2.28. The van der Waals surface area contributed by atoms with Crippen molar-refractivity contribution in [2.45, 2.75) is 30.6 Å². The maximum Gasteiger partial charge on any atom is 0.264 e. The van der Waals surface area contributed by atoms with Crippen LogP contribution in [-0.2, 0) is 24.8 Å². The molecular formula is C30H31N3O6S2. The summed E-state index contributed by atoms with van der Waals surface area (Å²) in [5, 5.41) is 2.67. The Morgan fingerprint density at radius 2 is 1.29 bits per heavy atom. The fourth-order valence-electron chi connectivity index (χ4n) is 4.14. The first kappa shape index (κ1) is 29.6. The zero-order valence-corrected chi connectivity index (χ0v) is 24.7.